The van der Waals surface area contributed by atoms with Crippen molar-refractivity contribution in [1.82, 2.24) is 9.97 Å². The van der Waals surface area contributed by atoms with Crippen molar-refractivity contribution in [2.45, 2.75) is 25.7 Å². The molecule has 0 atom stereocenters. The molecule has 13 heavy (non-hydrogen) atoms. The van der Waals surface area contributed by atoms with Crippen LogP contribution in [-0.4, -0.2) is 15.9 Å². The molecule has 1 amide bonds. The summed E-state index contributed by atoms with van der Waals surface area (Å²) in [6, 6.07) is 0. The SMILES string of the molecule is O=C(CCC1CC1)Nc1ncc[nH]1. The standard InChI is InChI=1S/C9H13N3O/c13-8(4-3-7-1-2-7)12-9-10-5-6-11-9/h5-7H,1-4H2,(H2,10,11,12,13). The lowest BCUT2D eigenvalue weighted by molar-refractivity contribution is -0.116. The average Bonchev–Trinajstić information content (AvgIpc) is 2.82. The van der Waals surface area contributed by atoms with Crippen LogP contribution < -0.4 is 5.32 Å². The lowest BCUT2D eigenvalue weighted by Crippen LogP contribution is -2.12. The third kappa shape index (κ3) is 2.57. The lowest BCUT2D eigenvalue weighted by atomic mass is 10.2. The zero-order valence-electron chi connectivity index (χ0n) is 7.42. The van der Waals surface area contributed by atoms with Gasteiger partial charge < -0.3 is 4.98 Å². The fourth-order valence-electron chi connectivity index (χ4n) is 1.27. The Hall–Kier alpha value is -1.32. The van der Waals surface area contributed by atoms with Crippen molar-refractivity contribution in [3.63, 3.8) is 0 Å². The first kappa shape index (κ1) is 8.29. The Labute approximate surface area is 76.8 Å². The Morgan fingerprint density at radius 2 is 2.54 bits per heavy atom. The highest BCUT2D eigenvalue weighted by atomic mass is 16.1. The van der Waals surface area contributed by atoms with Crippen LogP contribution in [-0.2, 0) is 4.79 Å². The van der Waals surface area contributed by atoms with Gasteiger partial charge in [-0.25, -0.2) is 4.98 Å². The van der Waals surface area contributed by atoms with Crippen LogP contribution in [0.5, 0.6) is 0 Å². The van der Waals surface area contributed by atoms with E-state index in [0.29, 0.717) is 12.4 Å². The number of carbonyl (C=O) groups excluding carboxylic acids is 1. The molecule has 1 fully saturated rings. The second-order valence-electron chi connectivity index (χ2n) is 3.47. The summed E-state index contributed by atoms with van der Waals surface area (Å²) in [5, 5.41) is 2.70. The second-order valence-corrected chi connectivity index (χ2v) is 3.47. The van der Waals surface area contributed by atoms with E-state index in [4.69, 9.17) is 0 Å². The van der Waals surface area contributed by atoms with Gasteiger partial charge in [0, 0.05) is 18.8 Å². The molecule has 1 heterocycles. The number of H-pyrrole nitrogens is 1. The first-order valence-electron chi connectivity index (χ1n) is 4.64. The third-order valence-corrected chi connectivity index (χ3v) is 2.23. The van der Waals surface area contributed by atoms with Crippen LogP contribution >= 0.6 is 0 Å². The fraction of sp³-hybridized carbons (Fsp3) is 0.556. The molecule has 0 unspecified atom stereocenters. The molecule has 1 aliphatic carbocycles. The van der Waals surface area contributed by atoms with E-state index in [1.807, 2.05) is 0 Å². The van der Waals surface area contributed by atoms with Crippen molar-refractivity contribution in [1.29, 1.82) is 0 Å². The van der Waals surface area contributed by atoms with Gasteiger partial charge in [0.1, 0.15) is 0 Å². The molecule has 70 valence electrons. The summed E-state index contributed by atoms with van der Waals surface area (Å²) < 4.78 is 0. The third-order valence-electron chi connectivity index (χ3n) is 2.23. The van der Waals surface area contributed by atoms with Crippen LogP contribution in [0.1, 0.15) is 25.7 Å². The zero-order valence-corrected chi connectivity index (χ0v) is 7.42. The van der Waals surface area contributed by atoms with Crippen molar-refractivity contribution in [2.24, 2.45) is 5.92 Å². The Kier molecular flexibility index (Phi) is 2.29. The molecule has 1 aromatic heterocycles. The highest BCUT2D eigenvalue weighted by Gasteiger charge is 2.21. The number of imidazole rings is 1. The minimum Gasteiger partial charge on any atom is -0.331 e. The molecule has 4 nitrogen and oxygen atoms in total. The number of hydrogen-bond donors (Lipinski definition) is 2. The van der Waals surface area contributed by atoms with Crippen molar-refractivity contribution in [2.75, 3.05) is 5.32 Å². The second kappa shape index (κ2) is 3.60. The molecule has 0 aliphatic heterocycles. The minimum absolute atomic E-state index is 0.0573. The molecule has 2 N–H and O–H groups in total. The topological polar surface area (TPSA) is 57.8 Å². The van der Waals surface area contributed by atoms with Crippen molar-refractivity contribution in [3.8, 4) is 0 Å². The van der Waals surface area contributed by atoms with E-state index in [0.717, 1.165) is 12.3 Å². The number of aromatic nitrogens is 2. The number of amides is 1. The monoisotopic (exact) mass is 179 g/mol. The van der Waals surface area contributed by atoms with Gasteiger partial charge in [0.25, 0.3) is 0 Å². The number of nitrogens with one attached hydrogen (secondary N) is 2. The molecule has 4 heteroatoms. The predicted octanol–water partition coefficient (Wildman–Crippen LogP) is 1.54. The molecular formula is C9H13N3O. The molecule has 1 aromatic rings. The van der Waals surface area contributed by atoms with E-state index < -0.39 is 0 Å². The summed E-state index contributed by atoms with van der Waals surface area (Å²) in [7, 11) is 0. The van der Waals surface area contributed by atoms with E-state index in [1.54, 1.807) is 12.4 Å². The molecule has 0 spiro atoms. The molecule has 0 saturated heterocycles. The minimum atomic E-state index is 0.0573. The molecule has 2 rings (SSSR count). The Morgan fingerprint density at radius 3 is 3.15 bits per heavy atom. The van der Waals surface area contributed by atoms with Crippen molar-refractivity contribution >= 4 is 11.9 Å². The fourth-order valence-corrected chi connectivity index (χ4v) is 1.27. The van der Waals surface area contributed by atoms with Crippen LogP contribution in [0.15, 0.2) is 12.4 Å². The molecule has 0 bridgehead atoms. The van der Waals surface area contributed by atoms with Crippen molar-refractivity contribution in [3.05, 3.63) is 12.4 Å². The van der Waals surface area contributed by atoms with Crippen LogP contribution in [0.4, 0.5) is 5.95 Å². The highest BCUT2D eigenvalue weighted by molar-refractivity contribution is 5.88. The van der Waals surface area contributed by atoms with Crippen LogP contribution in [0, 0.1) is 5.92 Å². The maximum absolute atomic E-state index is 11.3. The molecule has 1 saturated carbocycles. The van der Waals surface area contributed by atoms with Crippen LogP contribution in [0.3, 0.4) is 0 Å². The van der Waals surface area contributed by atoms with Gasteiger partial charge in [0.15, 0.2) is 0 Å². The zero-order chi connectivity index (χ0) is 9.10. The van der Waals surface area contributed by atoms with E-state index >= 15 is 0 Å². The molecule has 0 aromatic carbocycles. The van der Waals surface area contributed by atoms with Gasteiger partial charge in [-0.05, 0) is 12.3 Å². The van der Waals surface area contributed by atoms with Crippen LogP contribution in [0.2, 0.25) is 0 Å². The van der Waals surface area contributed by atoms with Gasteiger partial charge >= 0.3 is 0 Å². The summed E-state index contributed by atoms with van der Waals surface area (Å²) in [6.45, 7) is 0. The number of carbonyl (C=O) groups is 1. The number of aromatic amines is 1. The largest absolute Gasteiger partial charge is 0.331 e. The summed E-state index contributed by atoms with van der Waals surface area (Å²) in [4.78, 5) is 18.0. The molecule has 1 aliphatic rings. The van der Waals surface area contributed by atoms with Gasteiger partial charge in [-0.15, -0.1) is 0 Å². The average molecular weight is 179 g/mol. The van der Waals surface area contributed by atoms with Gasteiger partial charge in [-0.3, -0.25) is 10.1 Å². The first-order chi connectivity index (χ1) is 6.34. The van der Waals surface area contributed by atoms with Gasteiger partial charge in [0.05, 0.1) is 0 Å². The molecular weight excluding hydrogens is 166 g/mol. The summed E-state index contributed by atoms with van der Waals surface area (Å²) in [5.41, 5.74) is 0. The Bertz CT molecular complexity index is 277. The summed E-state index contributed by atoms with van der Waals surface area (Å²) in [5.74, 6) is 1.41. The number of hydrogen-bond acceptors (Lipinski definition) is 2. The lowest BCUT2D eigenvalue weighted by Gasteiger charge is -1.99. The van der Waals surface area contributed by atoms with Crippen molar-refractivity contribution < 1.29 is 4.79 Å². The smallest absolute Gasteiger partial charge is 0.226 e. The summed E-state index contributed by atoms with van der Waals surface area (Å²) >= 11 is 0. The predicted molar refractivity (Wildman–Crippen MR) is 49.2 cm³/mol. The van der Waals surface area contributed by atoms with E-state index in [-0.39, 0.29) is 5.91 Å². The number of rotatable bonds is 4. The Morgan fingerprint density at radius 1 is 1.69 bits per heavy atom. The van der Waals surface area contributed by atoms with Crippen LogP contribution in [0.25, 0.3) is 0 Å². The summed E-state index contributed by atoms with van der Waals surface area (Å²) in [6.07, 6.45) is 7.55. The van der Waals surface area contributed by atoms with E-state index in [2.05, 4.69) is 15.3 Å². The Balaban J connectivity index is 1.71. The highest BCUT2D eigenvalue weighted by Crippen LogP contribution is 2.33. The first-order valence-corrected chi connectivity index (χ1v) is 4.64. The van der Waals surface area contributed by atoms with Gasteiger partial charge in [-0.2, -0.15) is 0 Å². The number of nitrogens with zero attached hydrogens (tertiary/aromatic N) is 1. The maximum Gasteiger partial charge on any atom is 0.226 e. The number of anilines is 1. The van der Waals surface area contributed by atoms with E-state index in [9.17, 15) is 4.79 Å². The normalized spacial score (nSPS) is 15.7. The van der Waals surface area contributed by atoms with E-state index in [1.165, 1.54) is 12.8 Å². The van der Waals surface area contributed by atoms with Gasteiger partial charge in [-0.1, -0.05) is 12.8 Å². The van der Waals surface area contributed by atoms with Gasteiger partial charge in [0.2, 0.25) is 11.9 Å². The quantitative estimate of drug-likeness (QED) is 0.736. The maximum atomic E-state index is 11.3. The molecule has 0 radical (unpaired) electrons.